The zero-order valence-electron chi connectivity index (χ0n) is 18.3. The van der Waals surface area contributed by atoms with Crippen molar-refractivity contribution in [2.45, 2.75) is 0 Å². The first-order valence-corrected chi connectivity index (χ1v) is 10.9. The minimum absolute atomic E-state index is 0.170. The highest BCUT2D eigenvalue weighted by Crippen LogP contribution is 2.31. The lowest BCUT2D eigenvalue weighted by Crippen LogP contribution is -2.02. The maximum Gasteiger partial charge on any atom is 0.222 e. The highest BCUT2D eigenvalue weighted by atomic mass is 35.5. The second-order valence-corrected chi connectivity index (χ2v) is 8.13. The Morgan fingerprint density at radius 3 is 2.35 bits per heavy atom. The summed E-state index contributed by atoms with van der Waals surface area (Å²) in [5, 5.41) is 4.77. The summed E-state index contributed by atoms with van der Waals surface area (Å²) in [5.41, 5.74) is 17.8. The molecule has 5 aromatic rings. The predicted molar refractivity (Wildman–Crippen MR) is 138 cm³/mol. The number of rotatable bonds is 5. The van der Waals surface area contributed by atoms with E-state index in [2.05, 4.69) is 15.3 Å². The van der Waals surface area contributed by atoms with E-state index < -0.39 is 0 Å². The molecule has 0 amide bonds. The first-order valence-electron chi connectivity index (χ1n) is 10.5. The molecule has 0 bridgehead atoms. The van der Waals surface area contributed by atoms with Crippen LogP contribution in [-0.4, -0.2) is 22.1 Å². The van der Waals surface area contributed by atoms with Crippen LogP contribution in [0.4, 0.5) is 23.1 Å². The molecule has 0 fully saturated rings. The summed E-state index contributed by atoms with van der Waals surface area (Å²) in [4.78, 5) is 13.4. The molecular formula is C26H21ClN6O. The van der Waals surface area contributed by atoms with Crippen molar-refractivity contribution < 1.29 is 4.74 Å². The van der Waals surface area contributed by atoms with Gasteiger partial charge in [0.2, 0.25) is 5.95 Å². The van der Waals surface area contributed by atoms with Gasteiger partial charge in [0, 0.05) is 39.0 Å². The molecule has 5 N–H and O–H groups in total. The minimum Gasteiger partial charge on any atom is -0.497 e. The van der Waals surface area contributed by atoms with Gasteiger partial charge < -0.3 is 21.5 Å². The number of fused-ring (bicyclic) bond motifs is 1. The monoisotopic (exact) mass is 468 g/mol. The van der Waals surface area contributed by atoms with Crippen molar-refractivity contribution in [1.29, 1.82) is 0 Å². The third kappa shape index (κ3) is 4.42. The number of nitrogens with zero attached hydrogens (tertiary/aromatic N) is 3. The van der Waals surface area contributed by atoms with Gasteiger partial charge >= 0.3 is 0 Å². The quantitative estimate of drug-likeness (QED) is 0.293. The second kappa shape index (κ2) is 8.88. The molecule has 3 aromatic carbocycles. The number of ether oxygens (including phenoxy) is 1. The fourth-order valence-electron chi connectivity index (χ4n) is 3.71. The summed E-state index contributed by atoms with van der Waals surface area (Å²) in [6, 6.07) is 24.6. The van der Waals surface area contributed by atoms with Crippen LogP contribution in [-0.2, 0) is 0 Å². The van der Waals surface area contributed by atoms with Crippen LogP contribution >= 0.6 is 11.6 Å². The molecule has 0 spiro atoms. The normalized spacial score (nSPS) is 10.9. The van der Waals surface area contributed by atoms with Gasteiger partial charge in [0.1, 0.15) is 11.6 Å². The van der Waals surface area contributed by atoms with Crippen molar-refractivity contribution in [3.05, 3.63) is 83.9 Å². The van der Waals surface area contributed by atoms with Crippen LogP contribution in [0.2, 0.25) is 5.02 Å². The topological polar surface area (TPSA) is 112 Å². The fraction of sp³-hybridized carbons (Fsp3) is 0.0385. The van der Waals surface area contributed by atoms with Gasteiger partial charge in [0.05, 0.1) is 24.0 Å². The lowest BCUT2D eigenvalue weighted by Gasteiger charge is -2.11. The summed E-state index contributed by atoms with van der Waals surface area (Å²) >= 11 is 6.13. The molecular weight excluding hydrogens is 448 g/mol. The van der Waals surface area contributed by atoms with Crippen LogP contribution in [0.15, 0.2) is 78.9 Å². The molecule has 0 aliphatic heterocycles. The molecule has 5 rings (SSSR count). The number of nitrogen functional groups attached to an aromatic ring is 2. The molecule has 34 heavy (non-hydrogen) atoms. The highest BCUT2D eigenvalue weighted by molar-refractivity contribution is 6.30. The Balaban J connectivity index is 1.46. The molecule has 0 radical (unpaired) electrons. The molecule has 7 nitrogen and oxygen atoms in total. The van der Waals surface area contributed by atoms with Gasteiger partial charge in [-0.1, -0.05) is 23.7 Å². The van der Waals surface area contributed by atoms with Crippen molar-refractivity contribution in [2.75, 3.05) is 23.9 Å². The van der Waals surface area contributed by atoms with E-state index in [1.807, 2.05) is 78.9 Å². The Morgan fingerprint density at radius 1 is 0.794 bits per heavy atom. The highest BCUT2D eigenvalue weighted by Gasteiger charge is 2.10. The van der Waals surface area contributed by atoms with Gasteiger partial charge in [0.15, 0.2) is 0 Å². The van der Waals surface area contributed by atoms with Gasteiger partial charge in [-0.05, 0) is 60.7 Å². The minimum atomic E-state index is 0.170. The summed E-state index contributed by atoms with van der Waals surface area (Å²) in [6.07, 6.45) is 0. The van der Waals surface area contributed by atoms with Crippen LogP contribution in [0.3, 0.4) is 0 Å². The fourth-order valence-corrected chi connectivity index (χ4v) is 3.90. The van der Waals surface area contributed by atoms with Crippen LogP contribution in [0.1, 0.15) is 0 Å². The van der Waals surface area contributed by atoms with E-state index in [9.17, 15) is 0 Å². The first-order chi connectivity index (χ1) is 16.5. The molecule has 2 aromatic heterocycles. The van der Waals surface area contributed by atoms with Crippen molar-refractivity contribution in [3.63, 3.8) is 0 Å². The Morgan fingerprint density at radius 2 is 1.59 bits per heavy atom. The van der Waals surface area contributed by atoms with E-state index in [1.165, 1.54) is 0 Å². The van der Waals surface area contributed by atoms with Gasteiger partial charge in [0.25, 0.3) is 0 Å². The summed E-state index contributed by atoms with van der Waals surface area (Å²) in [5.74, 6) is 1.51. The molecule has 0 aliphatic carbocycles. The number of hydrogen-bond acceptors (Lipinski definition) is 7. The number of aromatic nitrogens is 3. The van der Waals surface area contributed by atoms with E-state index in [4.69, 9.17) is 32.8 Å². The molecule has 0 unspecified atom stereocenters. The Labute approximate surface area is 201 Å². The standard InChI is InChI=1S/C26H21ClN6O/c1-34-19-8-5-15(6-9-19)24-14-25(33-26(29)32-24)30-18-7-10-22-20(12-18)21(28)13-23(31-22)16-3-2-4-17(27)11-16/h2-14H,1H3,(H2,28,31)(H3,29,30,32,33). The van der Waals surface area contributed by atoms with Crippen LogP contribution in [0.25, 0.3) is 33.4 Å². The summed E-state index contributed by atoms with van der Waals surface area (Å²) < 4.78 is 5.22. The first kappa shape index (κ1) is 21.5. The Bertz CT molecular complexity index is 1500. The number of anilines is 4. The third-order valence-corrected chi connectivity index (χ3v) is 5.60. The number of nitrogens with two attached hydrogens (primary N) is 2. The van der Waals surface area contributed by atoms with Crippen molar-refractivity contribution in [1.82, 2.24) is 15.0 Å². The molecule has 0 atom stereocenters. The number of hydrogen-bond donors (Lipinski definition) is 3. The number of benzene rings is 3. The van der Waals surface area contributed by atoms with Crippen molar-refractivity contribution in [2.24, 2.45) is 0 Å². The number of nitrogens with one attached hydrogen (secondary N) is 1. The van der Waals surface area contributed by atoms with Crippen LogP contribution in [0, 0.1) is 0 Å². The van der Waals surface area contributed by atoms with Gasteiger partial charge in [-0.2, -0.15) is 4.98 Å². The smallest absolute Gasteiger partial charge is 0.222 e. The van der Waals surface area contributed by atoms with E-state index >= 15 is 0 Å². The Hall–Kier alpha value is -4.36. The van der Waals surface area contributed by atoms with Gasteiger partial charge in [-0.3, -0.25) is 0 Å². The van der Waals surface area contributed by atoms with E-state index in [0.29, 0.717) is 22.2 Å². The maximum atomic E-state index is 6.39. The van der Waals surface area contributed by atoms with Crippen molar-refractivity contribution in [3.8, 4) is 28.3 Å². The average Bonchev–Trinajstić information content (AvgIpc) is 2.84. The SMILES string of the molecule is COc1ccc(-c2cc(Nc3ccc4nc(-c5cccc(Cl)c5)cc(N)c4c3)nc(N)n2)cc1. The summed E-state index contributed by atoms with van der Waals surface area (Å²) in [6.45, 7) is 0. The predicted octanol–water partition coefficient (Wildman–Crippen LogP) is 5.93. The number of methoxy groups -OCH3 is 1. The molecule has 0 aliphatic rings. The lowest BCUT2D eigenvalue weighted by atomic mass is 10.1. The van der Waals surface area contributed by atoms with E-state index in [1.54, 1.807) is 7.11 Å². The number of pyridine rings is 1. The van der Waals surface area contributed by atoms with Crippen LogP contribution in [0.5, 0.6) is 5.75 Å². The Kier molecular flexibility index (Phi) is 5.61. The zero-order chi connectivity index (χ0) is 23.7. The number of halogens is 1. The third-order valence-electron chi connectivity index (χ3n) is 5.36. The summed E-state index contributed by atoms with van der Waals surface area (Å²) in [7, 11) is 1.63. The average molecular weight is 469 g/mol. The lowest BCUT2D eigenvalue weighted by molar-refractivity contribution is 0.415. The second-order valence-electron chi connectivity index (χ2n) is 7.69. The largest absolute Gasteiger partial charge is 0.497 e. The molecule has 0 saturated carbocycles. The van der Waals surface area contributed by atoms with Gasteiger partial charge in [-0.15, -0.1) is 0 Å². The molecule has 0 saturated heterocycles. The van der Waals surface area contributed by atoms with Crippen molar-refractivity contribution >= 4 is 45.6 Å². The van der Waals surface area contributed by atoms with E-state index in [0.717, 1.165) is 39.2 Å². The van der Waals surface area contributed by atoms with E-state index in [-0.39, 0.29) is 5.95 Å². The van der Waals surface area contributed by atoms with Crippen LogP contribution < -0.4 is 21.5 Å². The maximum absolute atomic E-state index is 6.39. The molecule has 168 valence electrons. The molecule has 8 heteroatoms. The molecule has 2 heterocycles. The van der Waals surface area contributed by atoms with Gasteiger partial charge in [-0.25, -0.2) is 9.97 Å². The zero-order valence-corrected chi connectivity index (χ0v) is 19.0.